The summed E-state index contributed by atoms with van der Waals surface area (Å²) in [5, 5.41) is 17.4. The van der Waals surface area contributed by atoms with E-state index < -0.39 is 14.3 Å². The number of aromatic nitrogens is 2. The van der Waals surface area contributed by atoms with Crippen LogP contribution in [0.15, 0.2) is 60.7 Å². The number of carboxylic acids is 1. The van der Waals surface area contributed by atoms with E-state index in [4.69, 9.17) is 5.11 Å². The summed E-state index contributed by atoms with van der Waals surface area (Å²) in [4.78, 5) is 23.1. The second-order valence-corrected chi connectivity index (χ2v) is 12.1. The van der Waals surface area contributed by atoms with E-state index in [1.54, 1.807) is 6.07 Å². The number of nitrogens with zero attached hydrogens (tertiary/aromatic N) is 1. The summed E-state index contributed by atoms with van der Waals surface area (Å²) in [6, 6.07) is 19.6. The van der Waals surface area contributed by atoms with E-state index in [0.29, 0.717) is 12.8 Å². The van der Waals surface area contributed by atoms with Gasteiger partial charge in [0.2, 0.25) is 0 Å². The van der Waals surface area contributed by atoms with Crippen LogP contribution in [0.3, 0.4) is 0 Å². The average Bonchev–Trinajstić information content (AvgIpc) is 3.15. The predicted molar refractivity (Wildman–Crippen MR) is 113 cm³/mol. The Labute approximate surface area is 166 Å². The summed E-state index contributed by atoms with van der Waals surface area (Å²) in [5.74, 6) is -1.04. The monoisotopic (exact) mass is 394 g/mol. The molecule has 0 fully saturated rings. The van der Waals surface area contributed by atoms with Crippen molar-refractivity contribution >= 4 is 24.7 Å². The van der Waals surface area contributed by atoms with Gasteiger partial charge in [-0.2, -0.15) is 5.10 Å². The molecular weight excluding hydrogens is 368 g/mol. The molecule has 2 aromatic carbocycles. The largest absolute Gasteiger partial charge is 0.476 e. The summed E-state index contributed by atoms with van der Waals surface area (Å²) in [6.45, 7) is 6.28. The fourth-order valence-corrected chi connectivity index (χ4v) is 7.30. The minimum absolute atomic E-state index is 0.0214. The van der Waals surface area contributed by atoms with Gasteiger partial charge in [0.05, 0.1) is 0 Å². The Hall–Kier alpha value is -2.70. The topological polar surface area (TPSA) is 86.2 Å². The molecule has 0 aliphatic rings. The molecule has 146 valence electrons. The van der Waals surface area contributed by atoms with Crippen LogP contribution >= 0.6 is 0 Å². The first-order valence-electron chi connectivity index (χ1n) is 9.37. The fourth-order valence-electron chi connectivity index (χ4n) is 3.63. The van der Waals surface area contributed by atoms with E-state index in [1.807, 2.05) is 48.5 Å². The van der Waals surface area contributed by atoms with Gasteiger partial charge in [-0.15, -0.1) is 0 Å². The number of nitrogens with one attached hydrogen (secondary N) is 1. The van der Waals surface area contributed by atoms with Gasteiger partial charge >= 0.3 is 5.97 Å². The van der Waals surface area contributed by atoms with Gasteiger partial charge in [0.25, 0.3) is 8.32 Å². The van der Waals surface area contributed by atoms with Crippen LogP contribution in [0.2, 0.25) is 5.04 Å². The first-order chi connectivity index (χ1) is 13.2. The maximum Gasteiger partial charge on any atom is 0.356 e. The Morgan fingerprint density at radius 1 is 1.04 bits per heavy atom. The molecule has 0 aliphatic heterocycles. The molecule has 3 aromatic rings. The van der Waals surface area contributed by atoms with Crippen LogP contribution in [0, 0.1) is 0 Å². The van der Waals surface area contributed by atoms with Crippen molar-refractivity contribution < 1.29 is 14.7 Å². The molecule has 0 radical (unpaired) electrons. The van der Waals surface area contributed by atoms with E-state index in [0.717, 1.165) is 21.6 Å². The lowest BCUT2D eigenvalue weighted by Gasteiger charge is -2.39. The maximum atomic E-state index is 12.1. The number of rotatable bonds is 6. The van der Waals surface area contributed by atoms with E-state index in [9.17, 15) is 9.59 Å². The Morgan fingerprint density at radius 3 is 2.29 bits per heavy atom. The summed E-state index contributed by atoms with van der Waals surface area (Å²) >= 11 is 0. The minimum Gasteiger partial charge on any atom is -0.476 e. The van der Waals surface area contributed by atoms with Crippen LogP contribution < -0.4 is 10.4 Å². The van der Waals surface area contributed by atoms with Gasteiger partial charge in [0.1, 0.15) is 0 Å². The normalized spacial score (nSPS) is 13.9. The lowest BCUT2D eigenvalue weighted by atomic mass is 10.1. The molecule has 1 atom stereocenters. The highest BCUT2D eigenvalue weighted by atomic mass is 28.4. The molecule has 0 aliphatic carbocycles. The van der Waals surface area contributed by atoms with Gasteiger partial charge in [0, 0.05) is 5.69 Å². The van der Waals surface area contributed by atoms with Crippen molar-refractivity contribution in [2.24, 2.45) is 0 Å². The molecule has 3 N–H and O–H groups in total. The molecule has 0 bridgehead atoms. The molecule has 5 nitrogen and oxygen atoms in total. The first kappa shape index (κ1) is 20.0. The Morgan fingerprint density at radius 2 is 1.68 bits per heavy atom. The number of carbonyl (C=O) groups is 1. The van der Waals surface area contributed by atoms with Crippen molar-refractivity contribution in [3.05, 3.63) is 77.6 Å². The first-order valence-corrected chi connectivity index (χ1v) is 11.3. The van der Waals surface area contributed by atoms with Gasteiger partial charge in [0.15, 0.2) is 5.69 Å². The Balaban J connectivity index is 1.98. The second-order valence-electron chi connectivity index (χ2n) is 8.07. The zero-order chi connectivity index (χ0) is 20.4. The van der Waals surface area contributed by atoms with Crippen molar-refractivity contribution in [2.45, 2.75) is 38.7 Å². The molecule has 0 spiro atoms. The maximum absolute atomic E-state index is 12.1. The third kappa shape index (κ3) is 3.79. The van der Waals surface area contributed by atoms with Crippen LogP contribution in [0.1, 0.15) is 42.5 Å². The number of hydrogen-bond acceptors (Lipinski definition) is 3. The van der Waals surface area contributed by atoms with Crippen molar-refractivity contribution in [2.75, 3.05) is 0 Å². The predicted octanol–water partition coefficient (Wildman–Crippen LogP) is 2.75. The number of aromatic amines is 1. The molecule has 6 heteroatoms. The molecule has 0 saturated carbocycles. The number of benzene rings is 2. The van der Waals surface area contributed by atoms with Gasteiger partial charge in [-0.25, -0.2) is 4.79 Å². The zero-order valence-corrected chi connectivity index (χ0v) is 17.4. The zero-order valence-electron chi connectivity index (χ0n) is 16.4. The van der Waals surface area contributed by atoms with E-state index in [2.05, 4.69) is 37.0 Å². The summed E-state index contributed by atoms with van der Waals surface area (Å²) < 4.78 is 0. The Bertz CT molecular complexity index is 963. The van der Waals surface area contributed by atoms with E-state index >= 15 is 0 Å². The van der Waals surface area contributed by atoms with Crippen molar-refractivity contribution in [3.8, 4) is 0 Å². The van der Waals surface area contributed by atoms with E-state index in [1.165, 1.54) is 0 Å². The summed E-state index contributed by atoms with van der Waals surface area (Å²) in [7, 11) is -3.02. The number of H-pyrrole nitrogens is 1. The van der Waals surface area contributed by atoms with Crippen molar-refractivity contribution in [1.29, 1.82) is 0 Å². The number of hydrogen-bond donors (Lipinski definition) is 3. The highest BCUT2D eigenvalue weighted by molar-refractivity contribution is 6.98. The molecule has 1 unspecified atom stereocenters. The number of carboxylic acid groups (broad SMARTS) is 1. The van der Waals surface area contributed by atoms with Gasteiger partial charge in [-0.1, -0.05) is 75.4 Å². The van der Waals surface area contributed by atoms with Crippen molar-refractivity contribution in [3.63, 3.8) is 0 Å². The second kappa shape index (κ2) is 7.73. The number of aromatic carboxylic acids is 1. The van der Waals surface area contributed by atoms with Gasteiger partial charge in [-0.05, 0) is 39.9 Å². The molecule has 0 amide bonds. The standard InChI is InChI=1S/C22H26N2O3Si/c1-22(2,3)28(27,18-10-5-4-6-11-18)20-12-8-7-9-16(20)13-14-17-15-19(21(25)26)24-23-17/h4-12,15,27H,13-14H2,1-3H3,(H,23,24)(H,25,26). The van der Waals surface area contributed by atoms with Gasteiger partial charge < -0.3 is 9.90 Å². The molecule has 28 heavy (non-hydrogen) atoms. The Kier molecular flexibility index (Phi) is 5.53. The third-order valence-electron chi connectivity index (χ3n) is 5.20. The lowest BCUT2D eigenvalue weighted by Crippen LogP contribution is -2.65. The van der Waals surface area contributed by atoms with Crippen LogP contribution in [-0.2, 0) is 12.8 Å². The van der Waals surface area contributed by atoms with Crippen LogP contribution in [0.25, 0.3) is 0 Å². The summed E-state index contributed by atoms with van der Waals surface area (Å²) in [6.07, 6.45) is 1.32. The van der Waals surface area contributed by atoms with Crippen LogP contribution in [0.4, 0.5) is 0 Å². The van der Waals surface area contributed by atoms with Crippen LogP contribution in [0.5, 0.6) is 0 Å². The average molecular weight is 395 g/mol. The summed E-state index contributed by atoms with van der Waals surface area (Å²) in [5.41, 5.74) is 1.88. The molecule has 1 aromatic heterocycles. The fraction of sp³-hybridized carbons (Fsp3) is 0.273. The molecular formula is C22H26N2O3Si. The molecule has 0 saturated heterocycles. The third-order valence-corrected chi connectivity index (χ3v) is 9.80. The highest BCUT2D eigenvalue weighted by Crippen LogP contribution is 2.34. The van der Waals surface area contributed by atoms with Gasteiger partial charge in [-0.3, -0.25) is 5.10 Å². The molecule has 1 heterocycles. The SMILES string of the molecule is CC(C)(C)[Si](O)(c1ccccc1)c1ccccc1CCc1cc(C(=O)O)n[nH]1. The van der Waals surface area contributed by atoms with Crippen molar-refractivity contribution in [1.82, 2.24) is 10.2 Å². The number of aryl methyl sites for hydroxylation is 2. The highest BCUT2D eigenvalue weighted by Gasteiger charge is 2.48. The van der Waals surface area contributed by atoms with E-state index in [-0.39, 0.29) is 10.7 Å². The lowest BCUT2D eigenvalue weighted by molar-refractivity contribution is 0.0690. The smallest absolute Gasteiger partial charge is 0.356 e. The van der Waals surface area contributed by atoms with Crippen LogP contribution in [-0.4, -0.2) is 34.4 Å². The molecule has 3 rings (SSSR count). The quantitative estimate of drug-likeness (QED) is 0.561. The minimum atomic E-state index is -3.02.